The Morgan fingerprint density at radius 2 is 1.92 bits per heavy atom. The molecule has 0 bridgehead atoms. The van der Waals surface area contributed by atoms with Crippen LogP contribution < -0.4 is 15.8 Å². The summed E-state index contributed by atoms with van der Waals surface area (Å²) < 4.78 is 5.82. The number of amides is 1. The Balaban J connectivity index is 1.89. The normalized spacial score (nSPS) is 10.6. The molecule has 0 radical (unpaired) electrons. The number of hydrogen-bond donors (Lipinski definition) is 2. The fourth-order valence-corrected chi connectivity index (χ4v) is 2.59. The van der Waals surface area contributed by atoms with Crippen LogP contribution in [-0.2, 0) is 6.61 Å². The summed E-state index contributed by atoms with van der Waals surface area (Å²) in [6, 6.07) is 13.9. The van der Waals surface area contributed by atoms with Crippen molar-refractivity contribution < 1.29 is 9.53 Å². The van der Waals surface area contributed by atoms with E-state index in [1.165, 1.54) is 0 Å². The summed E-state index contributed by atoms with van der Waals surface area (Å²) in [5.74, 6) is 0.563. The van der Waals surface area contributed by atoms with Gasteiger partial charge in [-0.2, -0.15) is 0 Å². The summed E-state index contributed by atoms with van der Waals surface area (Å²) in [6.45, 7) is 1.86. The lowest BCUT2D eigenvalue weighted by Crippen LogP contribution is -2.23. The number of ether oxygens (including phenoxy) is 1. The van der Waals surface area contributed by atoms with Crippen molar-refractivity contribution >= 4 is 22.6 Å². The van der Waals surface area contributed by atoms with Gasteiger partial charge in [-0.3, -0.25) is 4.79 Å². The standard InChI is InChI=1S/C18H18N4O2/c1-11-16(17(23)20-2)15(22-18(19)21-11)10-24-14-8-7-12-5-3-4-6-13(12)9-14/h3-9H,10H2,1-2H3,(H,20,23)(H2,19,21,22). The van der Waals surface area contributed by atoms with Gasteiger partial charge >= 0.3 is 0 Å². The second kappa shape index (κ2) is 6.54. The molecule has 6 heteroatoms. The average molecular weight is 322 g/mol. The van der Waals surface area contributed by atoms with E-state index in [0.29, 0.717) is 22.7 Å². The van der Waals surface area contributed by atoms with Crippen LogP contribution in [0.4, 0.5) is 5.95 Å². The SMILES string of the molecule is CNC(=O)c1c(C)nc(N)nc1COc1ccc2ccccc2c1. The Bertz CT molecular complexity index is 909. The van der Waals surface area contributed by atoms with Crippen LogP contribution in [0.15, 0.2) is 42.5 Å². The Hall–Kier alpha value is -3.15. The van der Waals surface area contributed by atoms with E-state index in [1.807, 2.05) is 42.5 Å². The summed E-state index contributed by atoms with van der Waals surface area (Å²) in [5, 5.41) is 4.81. The van der Waals surface area contributed by atoms with E-state index in [9.17, 15) is 4.79 Å². The van der Waals surface area contributed by atoms with Crippen molar-refractivity contribution in [3.05, 3.63) is 59.4 Å². The first-order valence-electron chi connectivity index (χ1n) is 7.55. The molecule has 24 heavy (non-hydrogen) atoms. The van der Waals surface area contributed by atoms with E-state index < -0.39 is 0 Å². The van der Waals surface area contributed by atoms with Gasteiger partial charge in [0.2, 0.25) is 5.95 Å². The van der Waals surface area contributed by atoms with Crippen molar-refractivity contribution in [2.24, 2.45) is 0 Å². The number of hydrogen-bond acceptors (Lipinski definition) is 5. The number of aryl methyl sites for hydroxylation is 1. The number of fused-ring (bicyclic) bond motifs is 1. The molecule has 0 spiro atoms. The number of carbonyl (C=O) groups is 1. The molecule has 0 unspecified atom stereocenters. The number of nitrogens with one attached hydrogen (secondary N) is 1. The predicted molar refractivity (Wildman–Crippen MR) is 92.9 cm³/mol. The number of nitrogens with zero attached hydrogens (tertiary/aromatic N) is 2. The minimum Gasteiger partial charge on any atom is -0.487 e. The smallest absolute Gasteiger partial charge is 0.254 e. The third-order valence-corrected chi connectivity index (χ3v) is 3.73. The first kappa shape index (κ1) is 15.7. The van der Waals surface area contributed by atoms with E-state index in [4.69, 9.17) is 10.5 Å². The summed E-state index contributed by atoms with van der Waals surface area (Å²) in [7, 11) is 1.56. The zero-order valence-corrected chi connectivity index (χ0v) is 13.5. The van der Waals surface area contributed by atoms with Gasteiger partial charge in [-0.15, -0.1) is 0 Å². The third kappa shape index (κ3) is 3.12. The predicted octanol–water partition coefficient (Wildman–Crippen LogP) is 2.46. The Morgan fingerprint density at radius 3 is 2.67 bits per heavy atom. The van der Waals surface area contributed by atoms with Crippen molar-refractivity contribution in [1.29, 1.82) is 0 Å². The van der Waals surface area contributed by atoms with Crippen molar-refractivity contribution in [2.45, 2.75) is 13.5 Å². The van der Waals surface area contributed by atoms with Crippen LogP contribution >= 0.6 is 0 Å². The largest absolute Gasteiger partial charge is 0.487 e. The van der Waals surface area contributed by atoms with Crippen molar-refractivity contribution in [3.8, 4) is 5.75 Å². The third-order valence-electron chi connectivity index (χ3n) is 3.73. The number of aromatic nitrogens is 2. The molecule has 3 N–H and O–H groups in total. The van der Waals surface area contributed by atoms with E-state index >= 15 is 0 Å². The van der Waals surface area contributed by atoms with Gasteiger partial charge in [-0.25, -0.2) is 9.97 Å². The summed E-state index contributed by atoms with van der Waals surface area (Å²) in [5.41, 5.74) is 7.09. The molecule has 0 aliphatic rings. The molecule has 0 aliphatic carbocycles. The molecule has 0 atom stereocenters. The number of nitrogen functional groups attached to an aromatic ring is 1. The number of nitrogens with two attached hydrogens (primary N) is 1. The van der Waals surface area contributed by atoms with Crippen LogP contribution in [0.5, 0.6) is 5.75 Å². The molecule has 6 nitrogen and oxygen atoms in total. The minimum absolute atomic E-state index is 0.122. The lowest BCUT2D eigenvalue weighted by Gasteiger charge is -2.12. The number of carbonyl (C=O) groups excluding carboxylic acids is 1. The Kier molecular flexibility index (Phi) is 4.29. The first-order chi connectivity index (χ1) is 11.6. The monoisotopic (exact) mass is 322 g/mol. The van der Waals surface area contributed by atoms with Crippen LogP contribution in [0.3, 0.4) is 0 Å². The number of rotatable bonds is 4. The van der Waals surface area contributed by atoms with Gasteiger partial charge in [0.1, 0.15) is 12.4 Å². The molecule has 3 aromatic rings. The van der Waals surface area contributed by atoms with Gasteiger partial charge in [0.25, 0.3) is 5.91 Å². The molecule has 0 saturated heterocycles. The second-order valence-electron chi connectivity index (χ2n) is 5.37. The average Bonchev–Trinajstić information content (AvgIpc) is 2.58. The van der Waals surface area contributed by atoms with Crippen LogP contribution in [0.25, 0.3) is 10.8 Å². The van der Waals surface area contributed by atoms with E-state index in [2.05, 4.69) is 15.3 Å². The van der Waals surface area contributed by atoms with Gasteiger partial charge in [-0.1, -0.05) is 30.3 Å². The summed E-state index contributed by atoms with van der Waals surface area (Å²) in [6.07, 6.45) is 0. The molecule has 0 aliphatic heterocycles. The fraction of sp³-hybridized carbons (Fsp3) is 0.167. The lowest BCUT2D eigenvalue weighted by molar-refractivity contribution is 0.0959. The van der Waals surface area contributed by atoms with Crippen LogP contribution in [0.2, 0.25) is 0 Å². The second-order valence-corrected chi connectivity index (χ2v) is 5.37. The maximum atomic E-state index is 12.1. The quantitative estimate of drug-likeness (QED) is 0.770. The molecule has 2 aromatic carbocycles. The van der Waals surface area contributed by atoms with Crippen molar-refractivity contribution in [2.75, 3.05) is 12.8 Å². The highest BCUT2D eigenvalue weighted by atomic mass is 16.5. The highest BCUT2D eigenvalue weighted by molar-refractivity contribution is 5.96. The first-order valence-corrected chi connectivity index (χ1v) is 7.55. The molecule has 1 aromatic heterocycles. The number of anilines is 1. The number of benzene rings is 2. The maximum Gasteiger partial charge on any atom is 0.254 e. The van der Waals surface area contributed by atoms with Gasteiger partial charge in [0, 0.05) is 7.05 Å². The van der Waals surface area contributed by atoms with E-state index in [0.717, 1.165) is 10.8 Å². The molecule has 1 amide bonds. The van der Waals surface area contributed by atoms with E-state index in [-0.39, 0.29) is 18.5 Å². The molecule has 1 heterocycles. The van der Waals surface area contributed by atoms with Crippen molar-refractivity contribution in [3.63, 3.8) is 0 Å². The van der Waals surface area contributed by atoms with Crippen molar-refractivity contribution in [1.82, 2.24) is 15.3 Å². The highest BCUT2D eigenvalue weighted by Crippen LogP contribution is 2.22. The molecule has 122 valence electrons. The zero-order valence-electron chi connectivity index (χ0n) is 13.5. The summed E-state index contributed by atoms with van der Waals surface area (Å²) in [4.78, 5) is 20.3. The fourth-order valence-electron chi connectivity index (χ4n) is 2.59. The van der Waals surface area contributed by atoms with Gasteiger partial charge in [0.15, 0.2) is 0 Å². The topological polar surface area (TPSA) is 90.1 Å². The molecule has 0 fully saturated rings. The van der Waals surface area contributed by atoms with Gasteiger partial charge in [0.05, 0.1) is 17.0 Å². The lowest BCUT2D eigenvalue weighted by atomic mass is 10.1. The molecular weight excluding hydrogens is 304 g/mol. The molecule has 3 rings (SSSR count). The maximum absolute atomic E-state index is 12.1. The highest BCUT2D eigenvalue weighted by Gasteiger charge is 2.17. The Morgan fingerprint density at radius 1 is 1.17 bits per heavy atom. The Labute approximate surface area is 139 Å². The molecular formula is C18H18N4O2. The zero-order chi connectivity index (χ0) is 17.1. The van der Waals surface area contributed by atoms with Gasteiger partial charge < -0.3 is 15.8 Å². The van der Waals surface area contributed by atoms with Crippen LogP contribution in [0.1, 0.15) is 21.7 Å². The molecule has 0 saturated carbocycles. The summed E-state index contributed by atoms with van der Waals surface area (Å²) >= 11 is 0. The van der Waals surface area contributed by atoms with Gasteiger partial charge in [-0.05, 0) is 29.8 Å². The minimum atomic E-state index is -0.260. The van der Waals surface area contributed by atoms with E-state index in [1.54, 1.807) is 14.0 Å². The van der Waals surface area contributed by atoms with Crippen LogP contribution in [-0.4, -0.2) is 22.9 Å². The van der Waals surface area contributed by atoms with Crippen LogP contribution in [0, 0.1) is 6.92 Å².